The predicted molar refractivity (Wildman–Crippen MR) is 59.3 cm³/mol. The number of phenols is 1. The first kappa shape index (κ1) is 10.6. The normalized spacial score (nSPS) is 12.8. The van der Waals surface area contributed by atoms with Crippen molar-refractivity contribution in [2.45, 2.75) is 6.04 Å². The molecule has 0 amide bonds. The lowest BCUT2D eigenvalue weighted by Gasteiger charge is -2.12. The molecule has 0 fully saturated rings. The lowest BCUT2D eigenvalue weighted by molar-refractivity contribution is 0.265. The predicted octanol–water partition coefficient (Wildman–Crippen LogP) is 0.571. The summed E-state index contributed by atoms with van der Waals surface area (Å²) in [5, 5.41) is 18.4. The second-order valence-electron chi connectivity index (χ2n) is 2.69. The van der Waals surface area contributed by atoms with Gasteiger partial charge in [-0.25, -0.2) is 0 Å². The number of nitrogens with two attached hydrogens (primary N) is 2. The maximum Gasteiger partial charge on any atom is 0.144 e. The number of rotatable bonds is 2. The summed E-state index contributed by atoms with van der Waals surface area (Å²) < 4.78 is 0.768. The van der Waals surface area contributed by atoms with Gasteiger partial charge in [0.25, 0.3) is 0 Å². The number of phenolic OH excluding ortho intramolecular Hbond substituents is 1. The maximum absolute atomic E-state index is 9.56. The van der Waals surface area contributed by atoms with Crippen molar-refractivity contribution < 1.29 is 10.2 Å². The Balaban J connectivity index is 3.18. The molecule has 0 radical (unpaired) electrons. The van der Waals surface area contributed by atoms with Crippen LogP contribution in [0, 0.1) is 3.57 Å². The van der Waals surface area contributed by atoms with Crippen molar-refractivity contribution >= 4 is 28.3 Å². The Labute approximate surface area is 89.7 Å². The van der Waals surface area contributed by atoms with Gasteiger partial charge < -0.3 is 21.7 Å². The Hall–Kier alpha value is -0.530. The van der Waals surface area contributed by atoms with Crippen LogP contribution in [0.2, 0.25) is 0 Å². The average molecular weight is 294 g/mol. The molecule has 0 spiro atoms. The van der Waals surface area contributed by atoms with Crippen LogP contribution < -0.4 is 11.5 Å². The first-order valence-corrected chi connectivity index (χ1v) is 4.79. The molecule has 5 heteroatoms. The van der Waals surface area contributed by atoms with Gasteiger partial charge in [-0.1, -0.05) is 6.07 Å². The van der Waals surface area contributed by atoms with E-state index in [-0.39, 0.29) is 12.4 Å². The average Bonchev–Trinajstić information content (AvgIpc) is 2.13. The minimum atomic E-state index is -0.584. The molecule has 0 aliphatic heterocycles. The largest absolute Gasteiger partial charge is 0.505 e. The smallest absolute Gasteiger partial charge is 0.144 e. The summed E-state index contributed by atoms with van der Waals surface area (Å²) in [6, 6.07) is 2.83. The summed E-state index contributed by atoms with van der Waals surface area (Å²) in [5.74, 6) is -0.0338. The number of anilines is 1. The number of hydrogen-bond acceptors (Lipinski definition) is 4. The van der Waals surface area contributed by atoms with Gasteiger partial charge >= 0.3 is 0 Å². The lowest BCUT2D eigenvalue weighted by Crippen LogP contribution is -2.15. The molecule has 4 nitrogen and oxygen atoms in total. The Bertz CT molecular complexity index is 317. The number of nitrogen functional groups attached to an aromatic ring is 1. The quantitative estimate of drug-likeness (QED) is 0.364. The SMILES string of the molecule is Nc1c(I)ccc([C@@H](N)CO)c1O. The van der Waals surface area contributed by atoms with Gasteiger partial charge in [-0.05, 0) is 28.7 Å². The van der Waals surface area contributed by atoms with Crippen molar-refractivity contribution in [3.05, 3.63) is 21.3 Å². The Morgan fingerprint density at radius 3 is 2.62 bits per heavy atom. The van der Waals surface area contributed by atoms with Crippen LogP contribution in [-0.2, 0) is 0 Å². The monoisotopic (exact) mass is 294 g/mol. The molecule has 0 heterocycles. The Morgan fingerprint density at radius 2 is 2.08 bits per heavy atom. The van der Waals surface area contributed by atoms with E-state index in [0.29, 0.717) is 11.3 Å². The van der Waals surface area contributed by atoms with Crippen LogP contribution in [0.15, 0.2) is 12.1 Å². The van der Waals surface area contributed by atoms with Gasteiger partial charge in [0.05, 0.1) is 18.3 Å². The third kappa shape index (κ3) is 2.04. The summed E-state index contributed by atoms with van der Waals surface area (Å²) in [5.41, 5.74) is 11.9. The lowest BCUT2D eigenvalue weighted by atomic mass is 10.1. The number of hydrogen-bond donors (Lipinski definition) is 4. The van der Waals surface area contributed by atoms with Gasteiger partial charge in [0.15, 0.2) is 0 Å². The molecule has 6 N–H and O–H groups in total. The molecule has 1 aromatic carbocycles. The van der Waals surface area contributed by atoms with Crippen molar-refractivity contribution in [1.29, 1.82) is 0 Å². The number of aromatic hydroxyl groups is 1. The minimum Gasteiger partial charge on any atom is -0.505 e. The third-order valence-corrected chi connectivity index (χ3v) is 2.73. The van der Waals surface area contributed by atoms with Crippen molar-refractivity contribution in [1.82, 2.24) is 0 Å². The molecule has 1 rings (SSSR count). The fourth-order valence-electron chi connectivity index (χ4n) is 0.998. The van der Waals surface area contributed by atoms with Crippen molar-refractivity contribution in [3.8, 4) is 5.75 Å². The van der Waals surface area contributed by atoms with Crippen molar-refractivity contribution in [2.75, 3.05) is 12.3 Å². The topological polar surface area (TPSA) is 92.5 Å². The molecular formula is C8H11IN2O2. The van der Waals surface area contributed by atoms with Crippen molar-refractivity contribution in [3.63, 3.8) is 0 Å². The van der Waals surface area contributed by atoms with Crippen LogP contribution in [0.4, 0.5) is 5.69 Å². The van der Waals surface area contributed by atoms with E-state index in [4.69, 9.17) is 16.6 Å². The van der Waals surface area contributed by atoms with Gasteiger partial charge in [-0.15, -0.1) is 0 Å². The molecule has 0 saturated heterocycles. The van der Waals surface area contributed by atoms with Gasteiger partial charge in [0.1, 0.15) is 5.75 Å². The summed E-state index contributed by atoms with van der Waals surface area (Å²) in [6.45, 7) is -0.215. The molecule has 1 aromatic rings. The molecular weight excluding hydrogens is 283 g/mol. The highest BCUT2D eigenvalue weighted by Gasteiger charge is 2.13. The second-order valence-corrected chi connectivity index (χ2v) is 3.85. The molecule has 0 aliphatic rings. The third-order valence-electron chi connectivity index (χ3n) is 1.79. The van der Waals surface area contributed by atoms with Crippen LogP contribution in [0.25, 0.3) is 0 Å². The van der Waals surface area contributed by atoms with E-state index in [9.17, 15) is 5.11 Å². The van der Waals surface area contributed by atoms with Crippen molar-refractivity contribution in [2.24, 2.45) is 5.73 Å². The van der Waals surface area contributed by atoms with Crippen LogP contribution in [0.3, 0.4) is 0 Å². The Morgan fingerprint density at radius 1 is 1.46 bits per heavy atom. The van der Waals surface area contributed by atoms with Crippen LogP contribution in [0.5, 0.6) is 5.75 Å². The van der Waals surface area contributed by atoms with Gasteiger partial charge in [0, 0.05) is 9.13 Å². The Kier molecular flexibility index (Phi) is 3.34. The van der Waals surface area contributed by atoms with E-state index in [1.807, 2.05) is 22.6 Å². The van der Waals surface area contributed by atoms with E-state index in [2.05, 4.69) is 0 Å². The highest BCUT2D eigenvalue weighted by molar-refractivity contribution is 14.1. The highest BCUT2D eigenvalue weighted by atomic mass is 127. The number of benzene rings is 1. The summed E-state index contributed by atoms with van der Waals surface area (Å²) in [6.07, 6.45) is 0. The van der Waals surface area contributed by atoms with Gasteiger partial charge in [0.2, 0.25) is 0 Å². The molecule has 0 unspecified atom stereocenters. The summed E-state index contributed by atoms with van der Waals surface area (Å²) in [4.78, 5) is 0. The second kappa shape index (κ2) is 4.12. The molecule has 13 heavy (non-hydrogen) atoms. The van der Waals surface area contributed by atoms with E-state index in [0.717, 1.165) is 3.57 Å². The fourth-order valence-corrected chi connectivity index (χ4v) is 1.43. The number of halogens is 1. The van der Waals surface area contributed by atoms with Crippen LogP contribution in [0.1, 0.15) is 11.6 Å². The zero-order valence-corrected chi connectivity index (χ0v) is 9.02. The van der Waals surface area contributed by atoms with E-state index >= 15 is 0 Å². The minimum absolute atomic E-state index is 0.0338. The molecule has 1 atom stereocenters. The zero-order chi connectivity index (χ0) is 10.0. The molecule has 0 bridgehead atoms. The first-order valence-electron chi connectivity index (χ1n) is 3.71. The molecule has 0 saturated carbocycles. The fraction of sp³-hybridized carbons (Fsp3) is 0.250. The first-order chi connectivity index (χ1) is 6.07. The van der Waals surface area contributed by atoms with Crippen LogP contribution >= 0.6 is 22.6 Å². The van der Waals surface area contributed by atoms with Gasteiger partial charge in [-0.2, -0.15) is 0 Å². The molecule has 0 aliphatic carbocycles. The standard InChI is InChI=1S/C8H11IN2O2/c9-5-2-1-4(6(10)3-12)8(13)7(5)11/h1-2,6,12-13H,3,10-11H2/t6-/m0/s1. The van der Waals surface area contributed by atoms with Gasteiger partial charge in [-0.3, -0.25) is 0 Å². The number of aliphatic hydroxyl groups is 1. The number of aliphatic hydroxyl groups excluding tert-OH is 1. The summed E-state index contributed by atoms with van der Waals surface area (Å²) >= 11 is 2.01. The maximum atomic E-state index is 9.56. The molecule has 72 valence electrons. The van der Waals surface area contributed by atoms with E-state index < -0.39 is 6.04 Å². The van der Waals surface area contributed by atoms with E-state index in [1.54, 1.807) is 12.1 Å². The molecule has 0 aromatic heterocycles. The van der Waals surface area contributed by atoms with E-state index in [1.165, 1.54) is 0 Å². The highest BCUT2D eigenvalue weighted by Crippen LogP contribution is 2.32. The summed E-state index contributed by atoms with van der Waals surface area (Å²) in [7, 11) is 0. The zero-order valence-electron chi connectivity index (χ0n) is 6.87. The van der Waals surface area contributed by atoms with Crippen LogP contribution in [-0.4, -0.2) is 16.8 Å².